The van der Waals surface area contributed by atoms with Crippen molar-refractivity contribution < 1.29 is 26.4 Å². The molecule has 1 aromatic heterocycles. The number of ether oxygens (including phenoxy) is 1. The summed E-state index contributed by atoms with van der Waals surface area (Å²) in [6.45, 7) is 0.0948. The SMILES string of the molecule is COc1ccc(CN(C(=O)c2nc(S(C)(=O)=O)ncc2Cl)[C@@H]2CCS(=O)(=O)C2)cc1. The van der Waals surface area contributed by atoms with Crippen molar-refractivity contribution in [2.45, 2.75) is 24.2 Å². The molecule has 2 heterocycles. The van der Waals surface area contributed by atoms with Crippen molar-refractivity contribution in [1.82, 2.24) is 14.9 Å². The van der Waals surface area contributed by atoms with E-state index in [2.05, 4.69) is 9.97 Å². The zero-order valence-corrected chi connectivity index (χ0v) is 18.7. The third-order valence-corrected chi connectivity index (χ3v) is 7.57. The second-order valence-corrected chi connectivity index (χ2v) is 11.5. The number of methoxy groups -OCH3 is 1. The molecule has 0 N–H and O–H groups in total. The fourth-order valence-corrected chi connectivity index (χ4v) is 5.54. The third kappa shape index (κ3) is 5.08. The summed E-state index contributed by atoms with van der Waals surface area (Å²) < 4.78 is 52.7. The van der Waals surface area contributed by atoms with Crippen LogP contribution in [0, 0.1) is 0 Å². The Hall–Kier alpha value is -2.24. The molecule has 1 aliphatic heterocycles. The summed E-state index contributed by atoms with van der Waals surface area (Å²) in [6, 6.07) is 6.38. The Morgan fingerprint density at radius 2 is 1.97 bits per heavy atom. The maximum absolute atomic E-state index is 13.3. The number of sulfone groups is 2. The lowest BCUT2D eigenvalue weighted by atomic mass is 10.1. The van der Waals surface area contributed by atoms with Gasteiger partial charge in [-0.1, -0.05) is 23.7 Å². The first-order valence-corrected chi connectivity index (χ1v) is 13.0. The number of carbonyl (C=O) groups is 1. The van der Waals surface area contributed by atoms with Crippen LogP contribution in [0.3, 0.4) is 0 Å². The summed E-state index contributed by atoms with van der Waals surface area (Å²) in [7, 11) is -5.51. The minimum Gasteiger partial charge on any atom is -0.497 e. The van der Waals surface area contributed by atoms with E-state index in [1.807, 2.05) is 0 Å². The largest absolute Gasteiger partial charge is 0.497 e. The average Bonchev–Trinajstić information content (AvgIpc) is 3.05. The molecule has 0 bridgehead atoms. The van der Waals surface area contributed by atoms with Gasteiger partial charge in [-0.05, 0) is 24.1 Å². The summed E-state index contributed by atoms with van der Waals surface area (Å²) in [5.41, 5.74) is 0.451. The maximum Gasteiger partial charge on any atom is 0.274 e. The van der Waals surface area contributed by atoms with E-state index < -0.39 is 36.8 Å². The molecular weight excluding hydrogens is 454 g/mol. The molecule has 0 aliphatic carbocycles. The van der Waals surface area contributed by atoms with E-state index >= 15 is 0 Å². The van der Waals surface area contributed by atoms with Crippen molar-refractivity contribution in [3.8, 4) is 5.75 Å². The molecule has 0 saturated carbocycles. The Morgan fingerprint density at radius 1 is 1.30 bits per heavy atom. The first-order valence-electron chi connectivity index (χ1n) is 8.87. The molecule has 0 spiro atoms. The minimum atomic E-state index is -3.77. The lowest BCUT2D eigenvalue weighted by molar-refractivity contribution is 0.0674. The van der Waals surface area contributed by atoms with Crippen molar-refractivity contribution >= 4 is 37.2 Å². The van der Waals surface area contributed by atoms with E-state index in [0.717, 1.165) is 18.0 Å². The number of nitrogens with zero attached hydrogens (tertiary/aromatic N) is 3. The van der Waals surface area contributed by atoms with Crippen LogP contribution in [0.4, 0.5) is 0 Å². The van der Waals surface area contributed by atoms with Gasteiger partial charge < -0.3 is 9.64 Å². The second-order valence-electron chi connectivity index (χ2n) is 6.96. The molecule has 30 heavy (non-hydrogen) atoms. The highest BCUT2D eigenvalue weighted by molar-refractivity contribution is 7.91. The van der Waals surface area contributed by atoms with Gasteiger partial charge >= 0.3 is 0 Å². The average molecular weight is 474 g/mol. The van der Waals surface area contributed by atoms with E-state index in [9.17, 15) is 21.6 Å². The summed E-state index contributed by atoms with van der Waals surface area (Å²) in [5, 5.41) is -0.647. The fourth-order valence-electron chi connectivity index (χ4n) is 3.13. The molecule has 9 nitrogen and oxygen atoms in total. The van der Waals surface area contributed by atoms with Gasteiger partial charge in [-0.2, -0.15) is 0 Å². The minimum absolute atomic E-state index is 0.0316. The van der Waals surface area contributed by atoms with Crippen LogP contribution in [0.1, 0.15) is 22.5 Å². The van der Waals surface area contributed by atoms with Gasteiger partial charge in [0.15, 0.2) is 15.5 Å². The van der Waals surface area contributed by atoms with Crippen molar-refractivity contribution in [1.29, 1.82) is 0 Å². The molecule has 1 atom stereocenters. The van der Waals surface area contributed by atoms with Crippen LogP contribution in [0.25, 0.3) is 0 Å². The number of hydrogen-bond acceptors (Lipinski definition) is 8. The van der Waals surface area contributed by atoms with E-state index in [0.29, 0.717) is 5.75 Å². The smallest absolute Gasteiger partial charge is 0.274 e. The molecular formula is C18H20ClN3O6S2. The third-order valence-electron chi connectivity index (χ3n) is 4.68. The Morgan fingerprint density at radius 3 is 2.50 bits per heavy atom. The Bertz CT molecular complexity index is 1170. The van der Waals surface area contributed by atoms with Gasteiger partial charge in [-0.25, -0.2) is 26.8 Å². The predicted octanol–water partition coefficient (Wildman–Crippen LogP) is 1.37. The molecule has 12 heteroatoms. The summed E-state index contributed by atoms with van der Waals surface area (Å²) >= 11 is 6.09. The zero-order chi connectivity index (χ0) is 22.1. The van der Waals surface area contributed by atoms with Crippen LogP contribution in [0.2, 0.25) is 5.02 Å². The Balaban J connectivity index is 2.00. The Kier molecular flexibility index (Phi) is 6.34. The van der Waals surface area contributed by atoms with Crippen LogP contribution in [-0.2, 0) is 26.2 Å². The van der Waals surface area contributed by atoms with Crippen LogP contribution < -0.4 is 4.74 Å². The first-order chi connectivity index (χ1) is 14.0. The van der Waals surface area contributed by atoms with Crippen LogP contribution >= 0.6 is 11.6 Å². The molecule has 1 aliphatic rings. The monoisotopic (exact) mass is 473 g/mol. The predicted molar refractivity (Wildman–Crippen MR) is 110 cm³/mol. The molecule has 3 rings (SSSR count). The molecule has 2 aromatic rings. The quantitative estimate of drug-likeness (QED) is 0.576. The van der Waals surface area contributed by atoms with Crippen LogP contribution in [0.5, 0.6) is 5.75 Å². The fraction of sp³-hybridized carbons (Fsp3) is 0.389. The van der Waals surface area contributed by atoms with Gasteiger partial charge in [0.25, 0.3) is 5.91 Å². The number of hydrogen-bond donors (Lipinski definition) is 0. The standard InChI is InChI=1S/C18H20ClN3O6S2/c1-28-14-5-3-12(4-6-14)10-22(13-7-8-30(26,27)11-13)17(23)16-15(19)9-20-18(21-16)29(2,24)25/h3-6,9,13H,7-8,10-11H2,1-2H3/t13-/m1/s1. The van der Waals surface area contributed by atoms with Crippen molar-refractivity contribution in [3.05, 3.63) is 46.7 Å². The highest BCUT2D eigenvalue weighted by atomic mass is 35.5. The highest BCUT2D eigenvalue weighted by Crippen LogP contribution is 2.25. The Labute approximate surface area is 179 Å². The lowest BCUT2D eigenvalue weighted by Gasteiger charge is -2.28. The summed E-state index contributed by atoms with van der Waals surface area (Å²) in [6.07, 6.45) is 2.24. The summed E-state index contributed by atoms with van der Waals surface area (Å²) in [4.78, 5) is 22.2. The summed E-state index contributed by atoms with van der Waals surface area (Å²) in [5.74, 6) is -0.242. The zero-order valence-electron chi connectivity index (χ0n) is 16.3. The number of aromatic nitrogens is 2. The molecule has 0 unspecified atom stereocenters. The van der Waals surface area contributed by atoms with E-state index in [1.165, 1.54) is 12.0 Å². The van der Waals surface area contributed by atoms with Crippen LogP contribution in [0.15, 0.2) is 35.6 Å². The van der Waals surface area contributed by atoms with E-state index in [1.54, 1.807) is 24.3 Å². The van der Waals surface area contributed by atoms with Gasteiger partial charge in [0.2, 0.25) is 15.0 Å². The number of carbonyl (C=O) groups excluding carboxylic acids is 1. The van der Waals surface area contributed by atoms with E-state index in [-0.39, 0.29) is 35.2 Å². The second kappa shape index (κ2) is 8.48. The van der Waals surface area contributed by atoms with Crippen molar-refractivity contribution in [3.63, 3.8) is 0 Å². The number of rotatable bonds is 6. The normalized spacial score (nSPS) is 18.2. The van der Waals surface area contributed by atoms with Crippen molar-refractivity contribution in [2.24, 2.45) is 0 Å². The first kappa shape index (κ1) is 22.4. The highest BCUT2D eigenvalue weighted by Gasteiger charge is 2.36. The van der Waals surface area contributed by atoms with Gasteiger partial charge in [0.1, 0.15) is 5.75 Å². The molecule has 162 valence electrons. The van der Waals surface area contributed by atoms with Gasteiger partial charge in [-0.15, -0.1) is 0 Å². The molecule has 1 fully saturated rings. The molecule has 1 saturated heterocycles. The van der Waals surface area contributed by atoms with Crippen LogP contribution in [-0.4, -0.2) is 68.5 Å². The lowest BCUT2D eigenvalue weighted by Crippen LogP contribution is -2.41. The number of halogens is 1. The molecule has 1 aromatic carbocycles. The maximum atomic E-state index is 13.3. The molecule has 0 radical (unpaired) electrons. The number of amides is 1. The van der Waals surface area contributed by atoms with Gasteiger partial charge in [0, 0.05) is 18.8 Å². The number of benzene rings is 1. The molecule has 1 amide bonds. The van der Waals surface area contributed by atoms with Gasteiger partial charge in [-0.3, -0.25) is 4.79 Å². The van der Waals surface area contributed by atoms with Crippen molar-refractivity contribution in [2.75, 3.05) is 24.9 Å². The van der Waals surface area contributed by atoms with Gasteiger partial charge in [0.05, 0.1) is 29.8 Å². The topological polar surface area (TPSA) is 124 Å². The van der Waals surface area contributed by atoms with E-state index in [4.69, 9.17) is 16.3 Å².